The van der Waals surface area contributed by atoms with E-state index in [-0.39, 0.29) is 24.9 Å². The molecule has 0 saturated carbocycles. The SMILES string of the molecule is CC(C)N1CCc2c(sc(NC(=O)COc3ccccc3)c2C(N)=O)C1.Cl. The van der Waals surface area contributed by atoms with Gasteiger partial charge in [-0.05, 0) is 38.0 Å². The van der Waals surface area contributed by atoms with Gasteiger partial charge in [-0.3, -0.25) is 14.5 Å². The van der Waals surface area contributed by atoms with Crippen molar-refractivity contribution in [3.05, 3.63) is 46.3 Å². The highest BCUT2D eigenvalue weighted by atomic mass is 35.5. The second-order valence-electron chi connectivity index (χ2n) is 6.54. The number of hydrogen-bond acceptors (Lipinski definition) is 5. The van der Waals surface area contributed by atoms with Crippen molar-refractivity contribution in [3.8, 4) is 5.75 Å². The molecule has 0 aliphatic carbocycles. The molecule has 27 heavy (non-hydrogen) atoms. The summed E-state index contributed by atoms with van der Waals surface area (Å²) in [7, 11) is 0. The van der Waals surface area contributed by atoms with E-state index in [0.29, 0.717) is 22.4 Å². The van der Waals surface area contributed by atoms with Crippen LogP contribution in [0.3, 0.4) is 0 Å². The Morgan fingerprint density at radius 3 is 2.63 bits per heavy atom. The fourth-order valence-corrected chi connectivity index (χ4v) is 4.34. The molecule has 8 heteroatoms. The van der Waals surface area contributed by atoms with E-state index in [1.807, 2.05) is 18.2 Å². The van der Waals surface area contributed by atoms with Gasteiger partial charge in [0.2, 0.25) is 0 Å². The zero-order chi connectivity index (χ0) is 18.7. The molecule has 2 amide bonds. The minimum absolute atomic E-state index is 0. The first-order valence-corrected chi connectivity index (χ1v) is 9.43. The van der Waals surface area contributed by atoms with Crippen LogP contribution in [0.1, 0.15) is 34.6 Å². The lowest BCUT2D eigenvalue weighted by Gasteiger charge is -2.30. The molecule has 0 spiro atoms. The maximum Gasteiger partial charge on any atom is 0.262 e. The number of para-hydroxylation sites is 1. The number of amides is 2. The van der Waals surface area contributed by atoms with E-state index in [9.17, 15) is 9.59 Å². The summed E-state index contributed by atoms with van der Waals surface area (Å²) in [5.74, 6) is -0.189. The minimum Gasteiger partial charge on any atom is -0.484 e. The van der Waals surface area contributed by atoms with Crippen molar-refractivity contribution in [2.45, 2.75) is 32.9 Å². The van der Waals surface area contributed by atoms with Crippen LogP contribution in [0.5, 0.6) is 5.75 Å². The summed E-state index contributed by atoms with van der Waals surface area (Å²) in [6, 6.07) is 9.56. The molecule has 0 saturated heterocycles. The smallest absolute Gasteiger partial charge is 0.262 e. The summed E-state index contributed by atoms with van der Waals surface area (Å²) in [6.45, 7) is 5.83. The highest BCUT2D eigenvalue weighted by Crippen LogP contribution is 2.37. The highest BCUT2D eigenvalue weighted by molar-refractivity contribution is 7.17. The van der Waals surface area contributed by atoms with Gasteiger partial charge < -0.3 is 15.8 Å². The van der Waals surface area contributed by atoms with Gasteiger partial charge in [-0.25, -0.2) is 0 Å². The number of rotatable bonds is 6. The number of nitrogens with zero attached hydrogens (tertiary/aromatic N) is 1. The minimum atomic E-state index is -0.500. The number of thiophene rings is 1. The molecule has 2 aromatic rings. The Kier molecular flexibility index (Phi) is 7.24. The number of anilines is 1. The Hall–Kier alpha value is -2.09. The Bertz CT molecular complexity index is 808. The Labute approximate surface area is 169 Å². The summed E-state index contributed by atoms with van der Waals surface area (Å²) >= 11 is 1.43. The lowest BCUT2D eigenvalue weighted by molar-refractivity contribution is -0.118. The monoisotopic (exact) mass is 409 g/mol. The fraction of sp³-hybridized carbons (Fsp3) is 0.368. The number of carbonyl (C=O) groups excluding carboxylic acids is 2. The molecule has 2 heterocycles. The van der Waals surface area contributed by atoms with Crippen LogP contribution in [0.2, 0.25) is 0 Å². The molecule has 3 N–H and O–H groups in total. The standard InChI is InChI=1S/C19H23N3O3S.ClH/c1-12(2)22-9-8-14-15(10-22)26-19(17(14)18(20)24)21-16(23)11-25-13-6-4-3-5-7-13;/h3-7,12H,8-11H2,1-2H3,(H2,20,24)(H,21,23);1H. The average Bonchev–Trinajstić information content (AvgIpc) is 2.97. The maximum absolute atomic E-state index is 12.3. The van der Waals surface area contributed by atoms with E-state index in [2.05, 4.69) is 24.1 Å². The predicted molar refractivity (Wildman–Crippen MR) is 110 cm³/mol. The molecule has 1 aromatic carbocycles. The number of carbonyl (C=O) groups is 2. The zero-order valence-electron chi connectivity index (χ0n) is 15.4. The molecule has 0 unspecified atom stereocenters. The third-order valence-corrected chi connectivity index (χ3v) is 5.56. The van der Waals surface area contributed by atoms with Gasteiger partial charge in [0, 0.05) is 24.0 Å². The molecule has 1 aliphatic heterocycles. The molecule has 3 rings (SSSR count). The van der Waals surface area contributed by atoms with Crippen LogP contribution in [-0.2, 0) is 17.8 Å². The van der Waals surface area contributed by atoms with Gasteiger partial charge in [0.15, 0.2) is 6.61 Å². The molecule has 0 radical (unpaired) electrons. The number of benzene rings is 1. The topological polar surface area (TPSA) is 84.7 Å². The largest absolute Gasteiger partial charge is 0.484 e. The number of nitrogens with two attached hydrogens (primary N) is 1. The van der Waals surface area contributed by atoms with E-state index in [1.165, 1.54) is 11.3 Å². The number of halogens is 1. The summed E-state index contributed by atoms with van der Waals surface area (Å²) in [5.41, 5.74) is 7.01. The molecule has 1 aromatic heterocycles. The average molecular weight is 410 g/mol. The van der Waals surface area contributed by atoms with Crippen LogP contribution in [-0.4, -0.2) is 35.9 Å². The second kappa shape index (κ2) is 9.21. The molecular formula is C19H24ClN3O3S. The van der Waals surface area contributed by atoms with Gasteiger partial charge in [0.05, 0.1) is 5.56 Å². The Morgan fingerprint density at radius 1 is 1.30 bits per heavy atom. The lowest BCUT2D eigenvalue weighted by Crippen LogP contribution is -2.35. The first kappa shape index (κ1) is 21.2. The van der Waals surface area contributed by atoms with Crippen LogP contribution in [0.4, 0.5) is 5.00 Å². The molecule has 0 bridgehead atoms. The number of hydrogen-bond donors (Lipinski definition) is 2. The van der Waals surface area contributed by atoms with Crippen LogP contribution >= 0.6 is 23.7 Å². The van der Waals surface area contributed by atoms with Gasteiger partial charge in [-0.15, -0.1) is 23.7 Å². The number of primary amides is 1. The highest BCUT2D eigenvalue weighted by Gasteiger charge is 2.28. The van der Waals surface area contributed by atoms with Gasteiger partial charge in [-0.2, -0.15) is 0 Å². The molecule has 146 valence electrons. The predicted octanol–water partition coefficient (Wildman–Crippen LogP) is 3.05. The van der Waals surface area contributed by atoms with Crippen molar-refractivity contribution < 1.29 is 14.3 Å². The zero-order valence-corrected chi connectivity index (χ0v) is 17.0. The summed E-state index contributed by atoms with van der Waals surface area (Å²) in [5, 5.41) is 3.32. The van der Waals surface area contributed by atoms with Crippen molar-refractivity contribution in [1.82, 2.24) is 4.90 Å². The Balaban J connectivity index is 0.00000261. The number of ether oxygens (including phenoxy) is 1. The maximum atomic E-state index is 12.3. The molecule has 0 atom stereocenters. The fourth-order valence-electron chi connectivity index (χ4n) is 3.04. The van der Waals surface area contributed by atoms with Crippen LogP contribution in [0.25, 0.3) is 0 Å². The first-order valence-electron chi connectivity index (χ1n) is 8.61. The number of fused-ring (bicyclic) bond motifs is 1. The van der Waals surface area contributed by atoms with Crippen LogP contribution in [0, 0.1) is 0 Å². The lowest BCUT2D eigenvalue weighted by atomic mass is 10.0. The third-order valence-electron chi connectivity index (χ3n) is 4.43. The quantitative estimate of drug-likeness (QED) is 0.767. The van der Waals surface area contributed by atoms with Gasteiger partial charge >= 0.3 is 0 Å². The number of nitrogens with one attached hydrogen (secondary N) is 1. The Morgan fingerprint density at radius 2 is 2.00 bits per heavy atom. The first-order chi connectivity index (χ1) is 12.5. The van der Waals surface area contributed by atoms with Crippen molar-refractivity contribution in [1.29, 1.82) is 0 Å². The summed E-state index contributed by atoms with van der Waals surface area (Å²) < 4.78 is 5.46. The van der Waals surface area contributed by atoms with Crippen LogP contribution in [0.15, 0.2) is 30.3 Å². The van der Waals surface area contributed by atoms with Crippen molar-refractivity contribution in [2.75, 3.05) is 18.5 Å². The van der Waals surface area contributed by atoms with Crippen molar-refractivity contribution in [2.24, 2.45) is 5.73 Å². The van der Waals surface area contributed by atoms with Gasteiger partial charge in [0.1, 0.15) is 10.8 Å². The van der Waals surface area contributed by atoms with E-state index >= 15 is 0 Å². The second-order valence-corrected chi connectivity index (χ2v) is 7.64. The van der Waals surface area contributed by atoms with E-state index in [0.717, 1.165) is 30.0 Å². The van der Waals surface area contributed by atoms with Crippen LogP contribution < -0.4 is 15.8 Å². The van der Waals surface area contributed by atoms with Gasteiger partial charge in [-0.1, -0.05) is 18.2 Å². The van der Waals surface area contributed by atoms with Crippen molar-refractivity contribution >= 4 is 40.6 Å². The molecule has 6 nitrogen and oxygen atoms in total. The molecule has 0 fully saturated rings. The van der Waals surface area contributed by atoms with E-state index < -0.39 is 5.91 Å². The van der Waals surface area contributed by atoms with E-state index in [4.69, 9.17) is 10.5 Å². The molecular weight excluding hydrogens is 386 g/mol. The van der Waals surface area contributed by atoms with Crippen molar-refractivity contribution in [3.63, 3.8) is 0 Å². The van der Waals surface area contributed by atoms with E-state index in [1.54, 1.807) is 12.1 Å². The summed E-state index contributed by atoms with van der Waals surface area (Å²) in [4.78, 5) is 27.7. The summed E-state index contributed by atoms with van der Waals surface area (Å²) in [6.07, 6.45) is 0.763. The van der Waals surface area contributed by atoms with Gasteiger partial charge in [0.25, 0.3) is 11.8 Å². The molecule has 1 aliphatic rings. The third kappa shape index (κ3) is 5.00. The normalized spacial score (nSPS) is 13.6.